The van der Waals surface area contributed by atoms with Crippen molar-refractivity contribution in [2.45, 2.75) is 4.90 Å². The number of hydrazone groups is 1. The number of sulfonamides is 1. The van der Waals surface area contributed by atoms with Gasteiger partial charge in [0.05, 0.1) is 6.21 Å². The molecule has 2 aromatic rings. The molecule has 0 aliphatic heterocycles. The number of halogens is 2. The fourth-order valence-electron chi connectivity index (χ4n) is 1.46. The minimum atomic E-state index is -4.01. The average molecular weight is 357 g/mol. The fourth-order valence-corrected chi connectivity index (χ4v) is 2.72. The summed E-state index contributed by atoms with van der Waals surface area (Å²) in [5, 5.41) is 3.63. The second-order valence-corrected chi connectivity index (χ2v) is 6.29. The smallest absolute Gasteiger partial charge is 0.205 e. The molecular weight excluding hydrogens is 347 g/mol. The van der Waals surface area contributed by atoms with E-state index in [4.69, 9.17) is 0 Å². The third kappa shape index (κ3) is 3.43. The summed E-state index contributed by atoms with van der Waals surface area (Å²) in [7, 11) is -4.01. The van der Waals surface area contributed by atoms with Crippen LogP contribution >= 0.6 is 15.9 Å². The van der Waals surface area contributed by atoms with E-state index in [1.807, 2.05) is 10.9 Å². The lowest BCUT2D eigenvalue weighted by molar-refractivity contribution is 0.559. The molecule has 7 heteroatoms. The molecule has 4 nitrogen and oxygen atoms in total. The number of hydrogen-bond acceptors (Lipinski definition) is 3. The van der Waals surface area contributed by atoms with E-state index in [2.05, 4.69) is 21.0 Å². The van der Waals surface area contributed by atoms with Crippen molar-refractivity contribution in [3.8, 4) is 0 Å². The summed E-state index contributed by atoms with van der Waals surface area (Å²) in [4.78, 5) is 1.53. The van der Waals surface area contributed by atoms with Crippen molar-refractivity contribution in [2.24, 2.45) is 5.10 Å². The van der Waals surface area contributed by atoms with Gasteiger partial charge in [0.15, 0.2) is 0 Å². The van der Waals surface area contributed by atoms with Crippen molar-refractivity contribution in [2.75, 3.05) is 0 Å². The van der Waals surface area contributed by atoms with E-state index < -0.39 is 20.7 Å². The highest BCUT2D eigenvalue weighted by Gasteiger charge is 2.17. The number of nitrogens with zero attached hydrogens (tertiary/aromatic N) is 1. The topological polar surface area (TPSA) is 58.5 Å². The highest BCUT2D eigenvalue weighted by atomic mass is 79.9. The normalized spacial score (nSPS) is 11.7. The molecule has 0 aliphatic carbocycles. The lowest BCUT2D eigenvalue weighted by Crippen LogP contribution is -2.19. The first-order valence-corrected chi connectivity index (χ1v) is 7.82. The summed E-state index contributed by atoms with van der Waals surface area (Å²) in [6, 6.07) is 12.3. The Morgan fingerprint density at radius 1 is 1.10 bits per heavy atom. The molecule has 0 aliphatic rings. The molecule has 0 fully saturated rings. The third-order valence-electron chi connectivity index (χ3n) is 2.41. The molecule has 0 saturated carbocycles. The Morgan fingerprint density at radius 2 is 1.75 bits per heavy atom. The molecule has 0 radical (unpaired) electrons. The summed E-state index contributed by atoms with van der Waals surface area (Å²) < 4.78 is 37.9. The van der Waals surface area contributed by atoms with E-state index in [0.29, 0.717) is 5.56 Å². The summed E-state index contributed by atoms with van der Waals surface area (Å²) in [6.07, 6.45) is 1.34. The Hall–Kier alpha value is -1.73. The Kier molecular flexibility index (Phi) is 4.51. The molecule has 0 aromatic heterocycles. The van der Waals surface area contributed by atoms with Crippen molar-refractivity contribution in [3.63, 3.8) is 0 Å². The van der Waals surface area contributed by atoms with Gasteiger partial charge < -0.3 is 0 Å². The maximum atomic E-state index is 13.4. The summed E-state index contributed by atoms with van der Waals surface area (Å²) in [5.41, 5.74) is 0.698. The van der Waals surface area contributed by atoms with Crippen LogP contribution in [-0.4, -0.2) is 14.6 Å². The first kappa shape index (κ1) is 14.7. The molecule has 0 spiro atoms. The van der Waals surface area contributed by atoms with Crippen molar-refractivity contribution in [1.29, 1.82) is 0 Å². The number of rotatable bonds is 4. The molecule has 0 amide bonds. The van der Waals surface area contributed by atoms with Gasteiger partial charge in [-0.05, 0) is 18.2 Å². The Balaban J connectivity index is 2.19. The first-order chi connectivity index (χ1) is 9.50. The average Bonchev–Trinajstić information content (AvgIpc) is 2.41. The van der Waals surface area contributed by atoms with Gasteiger partial charge in [0, 0.05) is 10.0 Å². The van der Waals surface area contributed by atoms with Crippen molar-refractivity contribution in [3.05, 3.63) is 64.4 Å². The highest BCUT2D eigenvalue weighted by molar-refractivity contribution is 9.10. The van der Waals surface area contributed by atoms with Crippen LogP contribution in [0.1, 0.15) is 5.56 Å². The van der Waals surface area contributed by atoms with Crippen LogP contribution < -0.4 is 4.83 Å². The van der Waals surface area contributed by atoms with E-state index in [1.54, 1.807) is 18.2 Å². The number of nitrogens with one attached hydrogen (secondary N) is 1. The second-order valence-electron chi connectivity index (χ2n) is 3.80. The van der Waals surface area contributed by atoms with Crippen LogP contribution in [0, 0.1) is 5.82 Å². The van der Waals surface area contributed by atoms with E-state index in [9.17, 15) is 12.8 Å². The minimum absolute atomic E-state index is 0.440. The van der Waals surface area contributed by atoms with Gasteiger partial charge in [-0.3, -0.25) is 0 Å². The van der Waals surface area contributed by atoms with Crippen LogP contribution in [0.15, 0.2) is 63.0 Å². The quantitative estimate of drug-likeness (QED) is 0.676. The number of hydrogen-bond donors (Lipinski definition) is 1. The Morgan fingerprint density at radius 3 is 2.45 bits per heavy atom. The van der Waals surface area contributed by atoms with Gasteiger partial charge in [0.25, 0.3) is 10.0 Å². The van der Waals surface area contributed by atoms with E-state index >= 15 is 0 Å². The Labute approximate surface area is 124 Å². The van der Waals surface area contributed by atoms with E-state index in [1.165, 1.54) is 24.4 Å². The SMILES string of the molecule is O=S(=O)(N/N=C/c1ccccc1Br)c1ccccc1F. The molecule has 0 heterocycles. The standard InChI is InChI=1S/C13H10BrFN2O2S/c14-11-6-2-1-5-10(11)9-16-17-20(18,19)13-8-4-3-7-12(13)15/h1-9,17H/b16-9+. The van der Waals surface area contributed by atoms with Crippen molar-refractivity contribution < 1.29 is 12.8 Å². The maximum Gasteiger partial charge on any atom is 0.279 e. The van der Waals surface area contributed by atoms with Crippen LogP contribution in [0.5, 0.6) is 0 Å². The van der Waals surface area contributed by atoms with Crippen LogP contribution in [-0.2, 0) is 10.0 Å². The lowest BCUT2D eigenvalue weighted by Gasteiger charge is -2.04. The molecule has 2 aromatic carbocycles. The predicted octanol–water partition coefficient (Wildman–Crippen LogP) is 2.90. The molecule has 20 heavy (non-hydrogen) atoms. The molecule has 104 valence electrons. The molecule has 1 N–H and O–H groups in total. The summed E-state index contributed by atoms with van der Waals surface area (Å²) in [5.74, 6) is -0.823. The second kappa shape index (κ2) is 6.15. The summed E-state index contributed by atoms with van der Waals surface area (Å²) >= 11 is 3.30. The van der Waals surface area contributed by atoms with Crippen molar-refractivity contribution in [1.82, 2.24) is 4.83 Å². The minimum Gasteiger partial charge on any atom is -0.205 e. The van der Waals surface area contributed by atoms with Gasteiger partial charge in [-0.15, -0.1) is 0 Å². The van der Waals surface area contributed by atoms with Crippen LogP contribution in [0.2, 0.25) is 0 Å². The predicted molar refractivity (Wildman–Crippen MR) is 78.5 cm³/mol. The Bertz CT molecular complexity index is 748. The maximum absolute atomic E-state index is 13.4. The molecule has 2 rings (SSSR count). The monoisotopic (exact) mass is 356 g/mol. The van der Waals surface area contributed by atoms with Crippen LogP contribution in [0.4, 0.5) is 4.39 Å². The van der Waals surface area contributed by atoms with Gasteiger partial charge in [-0.1, -0.05) is 46.3 Å². The zero-order valence-electron chi connectivity index (χ0n) is 10.1. The largest absolute Gasteiger partial charge is 0.279 e. The highest BCUT2D eigenvalue weighted by Crippen LogP contribution is 2.14. The van der Waals surface area contributed by atoms with Gasteiger partial charge in [0.2, 0.25) is 0 Å². The zero-order chi connectivity index (χ0) is 14.6. The molecule has 0 bridgehead atoms. The molecule has 0 atom stereocenters. The van der Waals surface area contributed by atoms with E-state index in [-0.39, 0.29) is 0 Å². The van der Waals surface area contributed by atoms with Crippen molar-refractivity contribution >= 4 is 32.2 Å². The molecule has 0 saturated heterocycles. The zero-order valence-corrected chi connectivity index (χ0v) is 12.5. The van der Waals surface area contributed by atoms with Gasteiger partial charge >= 0.3 is 0 Å². The molecular formula is C13H10BrFN2O2S. The number of benzene rings is 2. The third-order valence-corrected chi connectivity index (χ3v) is 4.39. The van der Waals surface area contributed by atoms with E-state index in [0.717, 1.165) is 10.5 Å². The van der Waals surface area contributed by atoms with Gasteiger partial charge in [0.1, 0.15) is 10.7 Å². The van der Waals surface area contributed by atoms with Gasteiger partial charge in [-0.25, -0.2) is 4.39 Å². The first-order valence-electron chi connectivity index (χ1n) is 5.54. The summed E-state index contributed by atoms with van der Waals surface area (Å²) in [6.45, 7) is 0. The molecule has 0 unspecified atom stereocenters. The fraction of sp³-hybridized carbons (Fsp3) is 0. The van der Waals surface area contributed by atoms with Crippen LogP contribution in [0.25, 0.3) is 0 Å². The lowest BCUT2D eigenvalue weighted by atomic mass is 10.2. The van der Waals surface area contributed by atoms with Crippen LogP contribution in [0.3, 0.4) is 0 Å². The van der Waals surface area contributed by atoms with Gasteiger partial charge in [-0.2, -0.15) is 18.4 Å².